The molecule has 6 nitrogen and oxygen atoms in total. The molecule has 2 atom stereocenters. The SMILES string of the molecule is Cc1cc(C)c2c(n1)NC(C)(NCCC1CCCN(C)C1)N=C2N. The number of nitrogens with one attached hydrogen (secondary N) is 2. The summed E-state index contributed by atoms with van der Waals surface area (Å²) in [6.07, 6.45) is 3.78. The molecule has 0 aliphatic carbocycles. The van der Waals surface area contributed by atoms with E-state index in [0.29, 0.717) is 5.84 Å². The molecule has 2 aliphatic heterocycles. The average molecular weight is 330 g/mol. The first-order valence-corrected chi connectivity index (χ1v) is 8.92. The van der Waals surface area contributed by atoms with Crippen molar-refractivity contribution in [2.45, 2.75) is 45.8 Å². The van der Waals surface area contributed by atoms with Crippen LogP contribution in [0.5, 0.6) is 0 Å². The highest BCUT2D eigenvalue weighted by Gasteiger charge is 2.31. The number of pyridine rings is 1. The molecule has 1 saturated heterocycles. The van der Waals surface area contributed by atoms with Gasteiger partial charge in [0.25, 0.3) is 0 Å². The van der Waals surface area contributed by atoms with Gasteiger partial charge in [-0.1, -0.05) is 0 Å². The zero-order valence-electron chi connectivity index (χ0n) is 15.3. The Kier molecular flexibility index (Phi) is 4.78. The Hall–Kier alpha value is -1.66. The Labute approximate surface area is 144 Å². The highest BCUT2D eigenvalue weighted by atomic mass is 15.4. The van der Waals surface area contributed by atoms with Crippen LogP contribution in [0, 0.1) is 19.8 Å². The van der Waals surface area contributed by atoms with Crippen LogP contribution in [0.3, 0.4) is 0 Å². The zero-order valence-corrected chi connectivity index (χ0v) is 15.3. The second kappa shape index (κ2) is 6.69. The number of aryl methyl sites for hydroxylation is 2. The number of aromatic nitrogens is 1. The molecule has 0 aromatic carbocycles. The van der Waals surface area contributed by atoms with Gasteiger partial charge >= 0.3 is 0 Å². The van der Waals surface area contributed by atoms with E-state index >= 15 is 0 Å². The molecule has 1 aromatic heterocycles. The number of likely N-dealkylation sites (tertiary alicyclic amines) is 1. The van der Waals surface area contributed by atoms with Gasteiger partial charge < -0.3 is 16.0 Å². The molecule has 1 aromatic rings. The Morgan fingerprint density at radius 3 is 3.00 bits per heavy atom. The zero-order chi connectivity index (χ0) is 17.3. The lowest BCUT2D eigenvalue weighted by molar-refractivity contribution is 0.198. The summed E-state index contributed by atoms with van der Waals surface area (Å²) < 4.78 is 0. The molecule has 0 radical (unpaired) electrons. The van der Waals surface area contributed by atoms with E-state index in [0.717, 1.165) is 41.5 Å². The maximum absolute atomic E-state index is 6.23. The van der Waals surface area contributed by atoms with Crippen molar-refractivity contribution < 1.29 is 0 Å². The Morgan fingerprint density at radius 2 is 2.25 bits per heavy atom. The van der Waals surface area contributed by atoms with Crippen molar-refractivity contribution in [2.75, 3.05) is 32.0 Å². The van der Waals surface area contributed by atoms with Crippen LogP contribution >= 0.6 is 0 Å². The van der Waals surface area contributed by atoms with Crippen molar-refractivity contribution >= 4 is 11.7 Å². The van der Waals surface area contributed by atoms with Crippen LogP contribution in [0.15, 0.2) is 11.1 Å². The minimum Gasteiger partial charge on any atom is -0.383 e. The van der Waals surface area contributed by atoms with Crippen LogP contribution in [-0.4, -0.2) is 48.2 Å². The quantitative estimate of drug-likeness (QED) is 0.785. The summed E-state index contributed by atoms with van der Waals surface area (Å²) in [5, 5.41) is 6.97. The van der Waals surface area contributed by atoms with Crippen molar-refractivity contribution in [3.8, 4) is 0 Å². The van der Waals surface area contributed by atoms with Gasteiger partial charge in [0.2, 0.25) is 0 Å². The summed E-state index contributed by atoms with van der Waals surface area (Å²) in [7, 11) is 2.21. The summed E-state index contributed by atoms with van der Waals surface area (Å²) in [6, 6.07) is 2.04. The number of fused-ring (bicyclic) bond motifs is 1. The summed E-state index contributed by atoms with van der Waals surface area (Å²) in [5.74, 6) is 1.55. The van der Waals surface area contributed by atoms with Gasteiger partial charge in [-0.3, -0.25) is 5.32 Å². The first-order chi connectivity index (χ1) is 11.4. The normalized spacial score (nSPS) is 27.3. The molecule has 1 fully saturated rings. The predicted molar refractivity (Wildman–Crippen MR) is 99.3 cm³/mol. The second-order valence-electron chi connectivity index (χ2n) is 7.48. The number of amidine groups is 1. The molecule has 3 heterocycles. The number of aliphatic imine (C=N–C) groups is 1. The lowest BCUT2D eigenvalue weighted by atomic mass is 9.95. The molecule has 132 valence electrons. The van der Waals surface area contributed by atoms with Gasteiger partial charge in [0, 0.05) is 12.2 Å². The molecule has 4 N–H and O–H groups in total. The first kappa shape index (κ1) is 17.2. The minimum atomic E-state index is -0.592. The molecule has 0 amide bonds. The molecule has 2 aliphatic rings. The highest BCUT2D eigenvalue weighted by molar-refractivity contribution is 6.04. The van der Waals surface area contributed by atoms with Gasteiger partial charge in [0.15, 0.2) is 5.79 Å². The third-order valence-corrected chi connectivity index (χ3v) is 5.05. The van der Waals surface area contributed by atoms with Gasteiger partial charge in [0.1, 0.15) is 11.7 Å². The average Bonchev–Trinajstić information content (AvgIpc) is 2.45. The summed E-state index contributed by atoms with van der Waals surface area (Å²) in [6.45, 7) is 9.41. The lowest BCUT2D eigenvalue weighted by Gasteiger charge is -2.35. The standard InChI is InChI=1S/C18H30N6/c1-12-10-13(2)21-17-15(12)16(19)22-18(3,23-17)20-8-7-14-6-5-9-24(4)11-14/h10,14,20H,5-9,11H2,1-4H3,(H2,19,22)(H,21,23). The van der Waals surface area contributed by atoms with E-state index < -0.39 is 5.79 Å². The van der Waals surface area contributed by atoms with Gasteiger partial charge in [-0.05, 0) is 77.7 Å². The largest absolute Gasteiger partial charge is 0.383 e. The molecule has 0 spiro atoms. The number of nitrogens with zero attached hydrogens (tertiary/aromatic N) is 3. The highest BCUT2D eigenvalue weighted by Crippen LogP contribution is 2.27. The number of piperidine rings is 1. The fourth-order valence-electron chi connectivity index (χ4n) is 3.92. The molecule has 0 saturated carbocycles. The van der Waals surface area contributed by atoms with Crippen LogP contribution in [0.1, 0.15) is 43.0 Å². The summed E-state index contributed by atoms with van der Waals surface area (Å²) >= 11 is 0. The van der Waals surface area contributed by atoms with Crippen LogP contribution < -0.4 is 16.4 Å². The Morgan fingerprint density at radius 1 is 1.46 bits per heavy atom. The number of hydrogen-bond donors (Lipinski definition) is 3. The number of nitrogens with two attached hydrogens (primary N) is 1. The number of hydrogen-bond acceptors (Lipinski definition) is 6. The van der Waals surface area contributed by atoms with E-state index in [9.17, 15) is 0 Å². The van der Waals surface area contributed by atoms with E-state index in [4.69, 9.17) is 5.73 Å². The van der Waals surface area contributed by atoms with Crippen molar-refractivity contribution in [3.63, 3.8) is 0 Å². The van der Waals surface area contributed by atoms with Gasteiger partial charge in [-0.2, -0.15) is 0 Å². The molecule has 24 heavy (non-hydrogen) atoms. The van der Waals surface area contributed by atoms with Crippen LogP contribution in [-0.2, 0) is 0 Å². The minimum absolute atomic E-state index is 0.557. The van der Waals surface area contributed by atoms with E-state index in [1.807, 2.05) is 26.8 Å². The fourth-order valence-corrected chi connectivity index (χ4v) is 3.92. The summed E-state index contributed by atoms with van der Waals surface area (Å²) in [4.78, 5) is 11.7. The van der Waals surface area contributed by atoms with Crippen molar-refractivity contribution in [1.82, 2.24) is 15.2 Å². The monoisotopic (exact) mass is 330 g/mol. The molecule has 0 bridgehead atoms. The van der Waals surface area contributed by atoms with E-state index in [2.05, 4.69) is 32.6 Å². The summed E-state index contributed by atoms with van der Waals surface area (Å²) in [5.41, 5.74) is 9.25. The van der Waals surface area contributed by atoms with Crippen LogP contribution in [0.4, 0.5) is 5.82 Å². The van der Waals surface area contributed by atoms with E-state index in [1.54, 1.807) is 0 Å². The molecule has 3 rings (SSSR count). The maximum atomic E-state index is 6.23. The Bertz CT molecular complexity index is 641. The number of anilines is 1. The molecular weight excluding hydrogens is 300 g/mol. The van der Waals surface area contributed by atoms with Crippen molar-refractivity contribution in [2.24, 2.45) is 16.6 Å². The second-order valence-corrected chi connectivity index (χ2v) is 7.48. The molecule has 6 heteroatoms. The van der Waals surface area contributed by atoms with E-state index in [-0.39, 0.29) is 0 Å². The number of rotatable bonds is 4. The van der Waals surface area contributed by atoms with E-state index in [1.165, 1.54) is 25.9 Å². The third-order valence-electron chi connectivity index (χ3n) is 5.05. The molecular formula is C18H30N6. The smallest absolute Gasteiger partial charge is 0.185 e. The topological polar surface area (TPSA) is 78.6 Å². The third kappa shape index (κ3) is 3.70. The molecule has 2 unspecified atom stereocenters. The van der Waals surface area contributed by atoms with Gasteiger partial charge in [0.05, 0.1) is 5.56 Å². The lowest BCUT2D eigenvalue weighted by Crippen LogP contribution is -2.52. The van der Waals surface area contributed by atoms with Crippen LogP contribution in [0.25, 0.3) is 0 Å². The fraction of sp³-hybridized carbons (Fsp3) is 0.667. The Balaban J connectivity index is 1.65. The van der Waals surface area contributed by atoms with Gasteiger partial charge in [-0.25, -0.2) is 9.98 Å². The van der Waals surface area contributed by atoms with Crippen molar-refractivity contribution in [1.29, 1.82) is 0 Å². The van der Waals surface area contributed by atoms with Gasteiger partial charge in [-0.15, -0.1) is 0 Å². The predicted octanol–water partition coefficient (Wildman–Crippen LogP) is 1.82. The van der Waals surface area contributed by atoms with Crippen molar-refractivity contribution in [3.05, 3.63) is 22.9 Å². The van der Waals surface area contributed by atoms with Crippen LogP contribution in [0.2, 0.25) is 0 Å². The first-order valence-electron chi connectivity index (χ1n) is 8.92. The maximum Gasteiger partial charge on any atom is 0.185 e.